The number of amides is 1. The Morgan fingerprint density at radius 2 is 1.62 bits per heavy atom. The molecule has 0 spiro atoms. The first-order valence-electron chi connectivity index (χ1n) is 8.79. The molecule has 2 aliphatic heterocycles. The lowest BCUT2D eigenvalue weighted by molar-refractivity contribution is -0.124. The maximum Gasteiger partial charge on any atom is 0.241 e. The molecule has 5 nitrogen and oxygen atoms in total. The first kappa shape index (κ1) is 16.1. The van der Waals surface area contributed by atoms with E-state index in [2.05, 4.69) is 4.90 Å². The van der Waals surface area contributed by atoms with Crippen molar-refractivity contribution < 1.29 is 13.2 Å². The van der Waals surface area contributed by atoms with Gasteiger partial charge in [-0.05, 0) is 31.9 Å². The van der Waals surface area contributed by atoms with Gasteiger partial charge in [0.25, 0.3) is 0 Å². The van der Waals surface area contributed by atoms with Crippen molar-refractivity contribution in [2.75, 3.05) is 23.0 Å². The van der Waals surface area contributed by atoms with Crippen molar-refractivity contribution in [2.45, 2.75) is 50.7 Å². The van der Waals surface area contributed by atoms with Crippen LogP contribution in [0.3, 0.4) is 0 Å². The van der Waals surface area contributed by atoms with Crippen molar-refractivity contribution in [3.63, 3.8) is 0 Å². The summed E-state index contributed by atoms with van der Waals surface area (Å²) in [7, 11) is -3.10. The lowest BCUT2D eigenvalue weighted by Gasteiger charge is -2.46. The molecule has 3 fully saturated rings. The van der Waals surface area contributed by atoms with Gasteiger partial charge >= 0.3 is 0 Å². The zero-order chi connectivity index (χ0) is 16.9. The highest BCUT2D eigenvalue weighted by Crippen LogP contribution is 2.36. The molecule has 1 amide bonds. The van der Waals surface area contributed by atoms with Gasteiger partial charge in [-0.3, -0.25) is 9.69 Å². The third-order valence-corrected chi connectivity index (χ3v) is 7.44. The zero-order valence-electron chi connectivity index (χ0n) is 14.0. The van der Waals surface area contributed by atoms with Crippen LogP contribution in [-0.4, -0.2) is 55.4 Å². The average molecular weight is 348 g/mol. The molecule has 24 heavy (non-hydrogen) atoms. The first-order valence-corrected chi connectivity index (χ1v) is 10.6. The molecular weight excluding hydrogens is 324 g/mol. The maximum atomic E-state index is 12.9. The molecule has 2 saturated heterocycles. The Morgan fingerprint density at radius 1 is 1.00 bits per heavy atom. The van der Waals surface area contributed by atoms with Gasteiger partial charge in [-0.1, -0.05) is 30.5 Å². The number of aryl methyl sites for hydroxylation is 1. The molecule has 0 bridgehead atoms. The quantitative estimate of drug-likeness (QED) is 0.817. The van der Waals surface area contributed by atoms with E-state index in [1.165, 1.54) is 12.8 Å². The number of carbonyl (C=O) groups excluding carboxylic acids is 1. The van der Waals surface area contributed by atoms with E-state index in [0.717, 1.165) is 24.1 Å². The Kier molecular flexibility index (Phi) is 3.92. The van der Waals surface area contributed by atoms with Gasteiger partial charge in [0.2, 0.25) is 5.91 Å². The second-order valence-corrected chi connectivity index (χ2v) is 9.58. The number of rotatable bonds is 2. The Labute approximate surface area is 143 Å². The molecule has 0 aromatic heterocycles. The molecule has 2 heterocycles. The summed E-state index contributed by atoms with van der Waals surface area (Å²) in [4.78, 5) is 16.8. The van der Waals surface area contributed by atoms with Crippen LogP contribution in [0, 0.1) is 6.92 Å². The van der Waals surface area contributed by atoms with E-state index in [-0.39, 0.29) is 29.5 Å². The van der Waals surface area contributed by atoms with Gasteiger partial charge in [0.05, 0.1) is 24.1 Å². The van der Waals surface area contributed by atoms with Crippen LogP contribution in [0.5, 0.6) is 0 Å². The number of hydrogen-bond donors (Lipinski definition) is 0. The number of hydrogen-bond acceptors (Lipinski definition) is 4. The summed E-state index contributed by atoms with van der Waals surface area (Å²) in [6, 6.07) is 7.88. The normalized spacial score (nSPS) is 30.7. The Balaban J connectivity index is 1.70. The standard InChI is InChI=1S/C18H24N2O3S/c1-13-6-8-15(9-7-13)20-17-12-24(22,23)11-16(17)19(10-18(20)21)14-4-2-3-5-14/h6-9,14,16-17H,2-5,10-12H2,1H3/t16-,17+/m0/s1. The van der Waals surface area contributed by atoms with E-state index >= 15 is 0 Å². The second kappa shape index (κ2) is 5.85. The SMILES string of the molecule is Cc1ccc(N2C(=O)CN(C3CCCC3)[C@H]3CS(=O)(=O)C[C@H]32)cc1. The number of carbonyl (C=O) groups is 1. The molecule has 0 N–H and O–H groups in total. The van der Waals surface area contributed by atoms with Gasteiger partial charge in [0, 0.05) is 17.8 Å². The van der Waals surface area contributed by atoms with Crippen LogP contribution >= 0.6 is 0 Å². The van der Waals surface area contributed by atoms with Gasteiger partial charge in [-0.15, -0.1) is 0 Å². The molecule has 1 aliphatic carbocycles. The summed E-state index contributed by atoms with van der Waals surface area (Å²) < 4.78 is 24.7. The Bertz CT molecular complexity index is 738. The Morgan fingerprint density at radius 3 is 2.29 bits per heavy atom. The summed E-state index contributed by atoms with van der Waals surface area (Å²) in [5.74, 6) is 0.300. The van der Waals surface area contributed by atoms with Crippen molar-refractivity contribution >= 4 is 21.4 Å². The van der Waals surface area contributed by atoms with E-state index in [1.54, 1.807) is 4.90 Å². The summed E-state index contributed by atoms with van der Waals surface area (Å²) in [5, 5.41) is 0. The fourth-order valence-corrected chi connectivity index (χ4v) is 6.55. The number of nitrogens with zero attached hydrogens (tertiary/aromatic N) is 2. The minimum Gasteiger partial charge on any atom is -0.306 e. The molecule has 2 atom stereocenters. The fourth-order valence-electron chi connectivity index (χ4n) is 4.59. The lowest BCUT2D eigenvalue weighted by Crippen LogP contribution is -2.64. The van der Waals surface area contributed by atoms with E-state index in [4.69, 9.17) is 0 Å². The highest BCUT2D eigenvalue weighted by molar-refractivity contribution is 7.91. The maximum absolute atomic E-state index is 12.9. The van der Waals surface area contributed by atoms with Crippen LogP contribution in [0.4, 0.5) is 5.69 Å². The minimum atomic E-state index is -3.10. The van der Waals surface area contributed by atoms with Gasteiger partial charge < -0.3 is 4.90 Å². The lowest BCUT2D eigenvalue weighted by atomic mass is 10.00. The summed E-state index contributed by atoms with van der Waals surface area (Å²) in [5.41, 5.74) is 1.95. The molecule has 6 heteroatoms. The van der Waals surface area contributed by atoms with Crippen LogP contribution in [0.2, 0.25) is 0 Å². The highest BCUT2D eigenvalue weighted by atomic mass is 32.2. The number of anilines is 1. The second-order valence-electron chi connectivity index (χ2n) is 7.42. The molecule has 1 aromatic carbocycles. The summed E-state index contributed by atoms with van der Waals surface area (Å²) >= 11 is 0. The largest absolute Gasteiger partial charge is 0.306 e. The van der Waals surface area contributed by atoms with Gasteiger partial charge in [-0.2, -0.15) is 0 Å². The summed E-state index contributed by atoms with van der Waals surface area (Å²) in [6.45, 7) is 2.35. The van der Waals surface area contributed by atoms with Gasteiger partial charge in [-0.25, -0.2) is 8.42 Å². The van der Waals surface area contributed by atoms with Crippen molar-refractivity contribution in [3.05, 3.63) is 29.8 Å². The fraction of sp³-hybridized carbons (Fsp3) is 0.611. The third kappa shape index (κ3) is 2.75. The van der Waals surface area contributed by atoms with Crippen LogP contribution in [0.1, 0.15) is 31.2 Å². The van der Waals surface area contributed by atoms with E-state index in [1.807, 2.05) is 31.2 Å². The highest BCUT2D eigenvalue weighted by Gasteiger charge is 2.51. The molecule has 3 aliphatic rings. The number of benzene rings is 1. The minimum absolute atomic E-state index is 0.0316. The Hall–Kier alpha value is -1.40. The molecule has 0 unspecified atom stereocenters. The van der Waals surface area contributed by atoms with Crippen LogP contribution in [-0.2, 0) is 14.6 Å². The van der Waals surface area contributed by atoms with Crippen molar-refractivity contribution in [3.8, 4) is 0 Å². The first-order chi connectivity index (χ1) is 11.4. The average Bonchev–Trinajstić information content (AvgIpc) is 3.14. The molecule has 4 rings (SSSR count). The van der Waals surface area contributed by atoms with Gasteiger partial charge in [0.15, 0.2) is 9.84 Å². The van der Waals surface area contributed by atoms with Crippen LogP contribution in [0.25, 0.3) is 0 Å². The topological polar surface area (TPSA) is 57.7 Å². The zero-order valence-corrected chi connectivity index (χ0v) is 14.8. The third-order valence-electron chi connectivity index (χ3n) is 5.74. The molecular formula is C18H24N2O3S. The summed E-state index contributed by atoms with van der Waals surface area (Å²) in [6.07, 6.45) is 4.53. The molecule has 1 saturated carbocycles. The van der Waals surface area contributed by atoms with Crippen LogP contribution in [0.15, 0.2) is 24.3 Å². The molecule has 1 aromatic rings. The van der Waals surface area contributed by atoms with Gasteiger partial charge in [0.1, 0.15) is 0 Å². The predicted octanol–water partition coefficient (Wildman–Crippen LogP) is 1.75. The van der Waals surface area contributed by atoms with E-state index in [0.29, 0.717) is 12.6 Å². The smallest absolute Gasteiger partial charge is 0.241 e. The van der Waals surface area contributed by atoms with E-state index in [9.17, 15) is 13.2 Å². The molecule has 130 valence electrons. The van der Waals surface area contributed by atoms with E-state index < -0.39 is 9.84 Å². The van der Waals surface area contributed by atoms with Crippen molar-refractivity contribution in [1.82, 2.24) is 4.90 Å². The van der Waals surface area contributed by atoms with Crippen LogP contribution < -0.4 is 4.90 Å². The van der Waals surface area contributed by atoms with Crippen molar-refractivity contribution in [2.24, 2.45) is 0 Å². The predicted molar refractivity (Wildman–Crippen MR) is 93.9 cm³/mol. The molecule has 0 radical (unpaired) electrons. The number of piperazine rings is 1. The monoisotopic (exact) mass is 348 g/mol. The number of sulfone groups is 1. The number of fused-ring (bicyclic) bond motifs is 1. The van der Waals surface area contributed by atoms with Crippen molar-refractivity contribution in [1.29, 1.82) is 0 Å².